The minimum Gasteiger partial charge on any atom is -0.310 e. The summed E-state index contributed by atoms with van der Waals surface area (Å²) in [5, 5.41) is 3.71. The second-order valence-corrected chi connectivity index (χ2v) is 6.62. The van der Waals surface area contributed by atoms with Crippen LogP contribution in [0.4, 0.5) is 0 Å². The molecule has 0 saturated carbocycles. The number of nitrogens with one attached hydrogen (secondary N) is 1. The van der Waals surface area contributed by atoms with Crippen LogP contribution >= 0.6 is 0 Å². The van der Waals surface area contributed by atoms with Crippen molar-refractivity contribution in [1.82, 2.24) is 5.32 Å². The van der Waals surface area contributed by atoms with Crippen LogP contribution in [0.3, 0.4) is 0 Å². The molecule has 23 heavy (non-hydrogen) atoms. The molecule has 0 unspecified atom stereocenters. The van der Waals surface area contributed by atoms with Gasteiger partial charge in [0, 0.05) is 6.04 Å². The zero-order chi connectivity index (χ0) is 16.1. The first-order chi connectivity index (χ1) is 11.2. The van der Waals surface area contributed by atoms with E-state index in [2.05, 4.69) is 73.8 Å². The smallest absolute Gasteiger partial charge is 0.0294 e. The summed E-state index contributed by atoms with van der Waals surface area (Å²) in [6, 6.07) is 16.0. The number of benzene rings is 2. The fourth-order valence-electron chi connectivity index (χ4n) is 3.50. The molecule has 2 aromatic rings. The molecule has 1 nitrogen and oxygen atoms in total. The van der Waals surface area contributed by atoms with Gasteiger partial charge in [0.2, 0.25) is 0 Å². The molecule has 1 aliphatic rings. The predicted octanol–water partition coefficient (Wildman–Crippen LogP) is 5.24. The Kier molecular flexibility index (Phi) is 5.30. The van der Waals surface area contributed by atoms with Gasteiger partial charge in [-0.3, -0.25) is 0 Å². The maximum Gasteiger partial charge on any atom is 0.0294 e. The van der Waals surface area contributed by atoms with Crippen molar-refractivity contribution in [1.29, 1.82) is 0 Å². The van der Waals surface area contributed by atoms with Gasteiger partial charge in [0.15, 0.2) is 0 Å². The first-order valence-electron chi connectivity index (χ1n) is 8.81. The number of aryl methyl sites for hydroxylation is 2. The molecule has 0 fully saturated rings. The normalized spacial score (nSPS) is 14.5. The summed E-state index contributed by atoms with van der Waals surface area (Å²) >= 11 is 0. The summed E-state index contributed by atoms with van der Waals surface area (Å²) in [7, 11) is 0. The van der Waals surface area contributed by atoms with Crippen LogP contribution in [0.2, 0.25) is 0 Å². The summed E-state index contributed by atoms with van der Waals surface area (Å²) in [6.45, 7) is 5.52. The number of hydrogen-bond donors (Lipinski definition) is 1. The van der Waals surface area contributed by atoms with Crippen molar-refractivity contribution < 1.29 is 0 Å². The summed E-state index contributed by atoms with van der Waals surface area (Å²) in [5.74, 6) is 0. The van der Waals surface area contributed by atoms with Gasteiger partial charge in [-0.2, -0.15) is 0 Å². The minimum absolute atomic E-state index is 0.425. The highest BCUT2D eigenvalue weighted by Crippen LogP contribution is 2.27. The van der Waals surface area contributed by atoms with Gasteiger partial charge in [-0.25, -0.2) is 0 Å². The number of allylic oxidation sites excluding steroid dienone is 1. The lowest BCUT2D eigenvalue weighted by molar-refractivity contribution is 0.554. The van der Waals surface area contributed by atoms with Gasteiger partial charge in [0.05, 0.1) is 0 Å². The van der Waals surface area contributed by atoms with Gasteiger partial charge in [0.1, 0.15) is 0 Å². The van der Waals surface area contributed by atoms with Crippen LogP contribution in [0.5, 0.6) is 0 Å². The van der Waals surface area contributed by atoms with Crippen LogP contribution in [0.15, 0.2) is 48.5 Å². The van der Waals surface area contributed by atoms with E-state index in [-0.39, 0.29) is 0 Å². The Hall–Kier alpha value is -1.86. The highest BCUT2D eigenvalue weighted by Gasteiger charge is 2.13. The highest BCUT2D eigenvalue weighted by atomic mass is 14.9. The Morgan fingerprint density at radius 1 is 1.13 bits per heavy atom. The molecule has 120 valence electrons. The Morgan fingerprint density at radius 3 is 2.87 bits per heavy atom. The van der Waals surface area contributed by atoms with Crippen molar-refractivity contribution in [3.8, 4) is 0 Å². The standard InChI is InChI=1S/C22H27N/c1-17-8-5-9-19(16-17)10-7-15-23-18(2)21-14-6-12-20-11-3-4-13-22(20)21/h3,5-6,8-9,11-12,14,16,18,23H,4,7,10,13,15H2,1-2H3/t18-/m1/s1. The molecule has 0 spiro atoms. The molecule has 0 aliphatic heterocycles. The number of hydrogen-bond acceptors (Lipinski definition) is 1. The van der Waals surface area contributed by atoms with Gasteiger partial charge in [-0.15, -0.1) is 0 Å². The quantitative estimate of drug-likeness (QED) is 0.720. The van der Waals surface area contributed by atoms with Crippen molar-refractivity contribution in [3.05, 3.63) is 76.4 Å². The molecule has 1 heteroatoms. The SMILES string of the molecule is Cc1cccc(CCCN[C@H](C)c2cccc3c2CCC=C3)c1. The summed E-state index contributed by atoms with van der Waals surface area (Å²) in [5.41, 5.74) is 7.22. The first kappa shape index (κ1) is 16.0. The lowest BCUT2D eigenvalue weighted by atomic mass is 9.90. The fourth-order valence-corrected chi connectivity index (χ4v) is 3.50. The van der Waals surface area contributed by atoms with Crippen LogP contribution in [0.1, 0.15) is 53.6 Å². The van der Waals surface area contributed by atoms with E-state index >= 15 is 0 Å². The molecule has 0 amide bonds. The zero-order valence-electron chi connectivity index (χ0n) is 14.3. The molecule has 2 aromatic carbocycles. The number of fused-ring (bicyclic) bond motifs is 1. The Labute approximate surface area is 140 Å². The highest BCUT2D eigenvalue weighted by molar-refractivity contribution is 5.58. The third-order valence-corrected chi connectivity index (χ3v) is 4.75. The van der Waals surface area contributed by atoms with E-state index in [0.717, 1.165) is 13.0 Å². The Morgan fingerprint density at radius 2 is 2.00 bits per heavy atom. The zero-order valence-corrected chi connectivity index (χ0v) is 14.3. The third kappa shape index (κ3) is 4.11. The van der Waals surface area contributed by atoms with E-state index < -0.39 is 0 Å². The van der Waals surface area contributed by atoms with Gasteiger partial charge in [-0.05, 0) is 68.3 Å². The summed E-state index contributed by atoms with van der Waals surface area (Å²) in [4.78, 5) is 0. The molecule has 1 atom stereocenters. The lowest BCUT2D eigenvalue weighted by Gasteiger charge is -2.21. The van der Waals surface area contributed by atoms with E-state index in [0.29, 0.717) is 6.04 Å². The van der Waals surface area contributed by atoms with Crippen LogP contribution in [-0.2, 0) is 12.8 Å². The van der Waals surface area contributed by atoms with Crippen molar-refractivity contribution in [2.75, 3.05) is 6.54 Å². The molecule has 1 aliphatic carbocycles. The van der Waals surface area contributed by atoms with Gasteiger partial charge in [0.25, 0.3) is 0 Å². The summed E-state index contributed by atoms with van der Waals surface area (Å²) in [6.07, 6.45) is 9.24. The lowest BCUT2D eigenvalue weighted by Crippen LogP contribution is -2.22. The first-order valence-corrected chi connectivity index (χ1v) is 8.81. The Bertz CT molecular complexity index is 684. The molecule has 1 N–H and O–H groups in total. The van der Waals surface area contributed by atoms with Crippen LogP contribution < -0.4 is 5.32 Å². The largest absolute Gasteiger partial charge is 0.310 e. The monoisotopic (exact) mass is 305 g/mol. The Balaban J connectivity index is 1.54. The molecule has 3 rings (SSSR count). The second-order valence-electron chi connectivity index (χ2n) is 6.62. The predicted molar refractivity (Wildman–Crippen MR) is 99.7 cm³/mol. The van der Waals surface area contributed by atoms with E-state index in [1.165, 1.54) is 47.1 Å². The maximum absolute atomic E-state index is 3.71. The van der Waals surface area contributed by atoms with Crippen molar-refractivity contribution >= 4 is 6.08 Å². The van der Waals surface area contributed by atoms with Crippen molar-refractivity contribution in [3.63, 3.8) is 0 Å². The molecule has 0 saturated heterocycles. The van der Waals surface area contributed by atoms with Gasteiger partial charge in [-0.1, -0.05) is 60.2 Å². The second kappa shape index (κ2) is 7.61. The number of rotatable bonds is 6. The average molecular weight is 305 g/mol. The molecule has 0 heterocycles. The molecular weight excluding hydrogens is 278 g/mol. The van der Waals surface area contributed by atoms with E-state index in [9.17, 15) is 0 Å². The molecule has 0 bridgehead atoms. The molecule has 0 radical (unpaired) electrons. The van der Waals surface area contributed by atoms with Crippen LogP contribution in [0, 0.1) is 6.92 Å². The minimum atomic E-state index is 0.425. The van der Waals surface area contributed by atoms with Crippen molar-refractivity contribution in [2.45, 2.75) is 45.6 Å². The topological polar surface area (TPSA) is 12.0 Å². The third-order valence-electron chi connectivity index (χ3n) is 4.75. The summed E-state index contributed by atoms with van der Waals surface area (Å²) < 4.78 is 0. The maximum atomic E-state index is 3.71. The fraction of sp³-hybridized carbons (Fsp3) is 0.364. The average Bonchev–Trinajstić information content (AvgIpc) is 2.58. The van der Waals surface area contributed by atoms with Crippen molar-refractivity contribution in [2.24, 2.45) is 0 Å². The van der Waals surface area contributed by atoms with Crippen LogP contribution in [0.25, 0.3) is 6.08 Å². The molecule has 0 aromatic heterocycles. The molecular formula is C22H27N. The van der Waals surface area contributed by atoms with Gasteiger partial charge < -0.3 is 5.32 Å². The van der Waals surface area contributed by atoms with Gasteiger partial charge >= 0.3 is 0 Å². The van der Waals surface area contributed by atoms with E-state index in [1.807, 2.05) is 0 Å². The van der Waals surface area contributed by atoms with Crippen LogP contribution in [-0.4, -0.2) is 6.54 Å². The van der Waals surface area contributed by atoms with E-state index in [1.54, 1.807) is 0 Å². The van der Waals surface area contributed by atoms with E-state index in [4.69, 9.17) is 0 Å².